The maximum Gasteiger partial charge on any atom is 0.401 e. The lowest BCUT2D eigenvalue weighted by Gasteiger charge is -2.23. The van der Waals surface area contributed by atoms with Crippen LogP contribution in [0.5, 0.6) is 0 Å². The number of alkyl halides is 3. The highest BCUT2D eigenvalue weighted by Gasteiger charge is 2.29. The van der Waals surface area contributed by atoms with Gasteiger partial charge in [-0.25, -0.2) is 0 Å². The van der Waals surface area contributed by atoms with E-state index in [9.17, 15) is 13.2 Å². The van der Waals surface area contributed by atoms with E-state index >= 15 is 0 Å². The maximum atomic E-state index is 12.3. The average Bonchev–Trinajstić information content (AvgIpc) is 2.14. The molecule has 17 heavy (non-hydrogen) atoms. The van der Waals surface area contributed by atoms with Gasteiger partial charge >= 0.3 is 6.18 Å². The highest BCUT2D eigenvalue weighted by molar-refractivity contribution is 4.64. The molecule has 0 fully saturated rings. The molecule has 0 aromatic heterocycles. The lowest BCUT2D eigenvalue weighted by molar-refractivity contribution is -0.146. The minimum atomic E-state index is -4.08. The van der Waals surface area contributed by atoms with Crippen molar-refractivity contribution in [2.75, 3.05) is 32.7 Å². The van der Waals surface area contributed by atoms with Gasteiger partial charge in [-0.2, -0.15) is 13.2 Å². The van der Waals surface area contributed by atoms with E-state index in [1.165, 1.54) is 4.90 Å². The van der Waals surface area contributed by atoms with Gasteiger partial charge in [0.05, 0.1) is 6.54 Å². The SMILES string of the molecule is CCCN(CCCNCC(C)C)CC(F)(F)F. The first-order valence-corrected chi connectivity index (χ1v) is 6.35. The molecule has 5 heteroatoms. The topological polar surface area (TPSA) is 15.3 Å². The molecule has 2 nitrogen and oxygen atoms in total. The number of halogens is 3. The Labute approximate surface area is 103 Å². The van der Waals surface area contributed by atoms with Crippen molar-refractivity contribution in [3.05, 3.63) is 0 Å². The summed E-state index contributed by atoms with van der Waals surface area (Å²) in [6.45, 7) is 8.08. The predicted molar refractivity (Wildman–Crippen MR) is 65.1 cm³/mol. The smallest absolute Gasteiger partial charge is 0.316 e. The van der Waals surface area contributed by atoms with Crippen LogP contribution in [-0.2, 0) is 0 Å². The molecule has 0 amide bonds. The van der Waals surface area contributed by atoms with E-state index in [-0.39, 0.29) is 0 Å². The van der Waals surface area contributed by atoms with Gasteiger partial charge in [0.2, 0.25) is 0 Å². The Morgan fingerprint density at radius 1 is 1.18 bits per heavy atom. The van der Waals surface area contributed by atoms with Crippen molar-refractivity contribution in [2.45, 2.75) is 39.8 Å². The lowest BCUT2D eigenvalue weighted by Crippen LogP contribution is -2.36. The molecule has 0 heterocycles. The van der Waals surface area contributed by atoms with Gasteiger partial charge in [0, 0.05) is 0 Å². The van der Waals surface area contributed by atoms with Crippen LogP contribution in [0.25, 0.3) is 0 Å². The van der Waals surface area contributed by atoms with Crippen molar-refractivity contribution in [1.82, 2.24) is 10.2 Å². The highest BCUT2D eigenvalue weighted by atomic mass is 19.4. The molecule has 0 bridgehead atoms. The van der Waals surface area contributed by atoms with Crippen LogP contribution in [0.4, 0.5) is 13.2 Å². The summed E-state index contributed by atoms with van der Waals surface area (Å²) in [7, 11) is 0. The van der Waals surface area contributed by atoms with E-state index in [1.54, 1.807) is 0 Å². The van der Waals surface area contributed by atoms with Crippen molar-refractivity contribution < 1.29 is 13.2 Å². The van der Waals surface area contributed by atoms with E-state index in [0.717, 1.165) is 25.9 Å². The predicted octanol–water partition coefficient (Wildman–Crippen LogP) is 2.90. The summed E-state index contributed by atoms with van der Waals surface area (Å²) in [4.78, 5) is 1.48. The van der Waals surface area contributed by atoms with Gasteiger partial charge < -0.3 is 5.32 Å². The fraction of sp³-hybridized carbons (Fsp3) is 1.00. The monoisotopic (exact) mass is 254 g/mol. The van der Waals surface area contributed by atoms with Gasteiger partial charge in [-0.05, 0) is 44.9 Å². The van der Waals surface area contributed by atoms with E-state index < -0.39 is 12.7 Å². The number of nitrogens with zero attached hydrogens (tertiary/aromatic N) is 1. The van der Waals surface area contributed by atoms with E-state index in [1.807, 2.05) is 6.92 Å². The first kappa shape index (κ1) is 16.7. The van der Waals surface area contributed by atoms with Gasteiger partial charge in [0.15, 0.2) is 0 Å². The van der Waals surface area contributed by atoms with Crippen LogP contribution in [-0.4, -0.2) is 43.8 Å². The molecule has 0 aromatic rings. The molecule has 0 aliphatic rings. The zero-order chi connectivity index (χ0) is 13.3. The van der Waals surface area contributed by atoms with Crippen LogP contribution < -0.4 is 5.32 Å². The zero-order valence-corrected chi connectivity index (χ0v) is 11.1. The molecular formula is C12H25F3N2. The van der Waals surface area contributed by atoms with Crippen LogP contribution in [0, 0.1) is 5.92 Å². The molecule has 0 spiro atoms. The van der Waals surface area contributed by atoms with Crippen molar-refractivity contribution in [1.29, 1.82) is 0 Å². The normalized spacial score (nSPS) is 12.7. The van der Waals surface area contributed by atoms with E-state index in [2.05, 4.69) is 19.2 Å². The third-order valence-electron chi connectivity index (χ3n) is 2.32. The minimum absolute atomic E-state index is 0.512. The summed E-state index contributed by atoms with van der Waals surface area (Å²) in [6.07, 6.45) is -2.56. The lowest BCUT2D eigenvalue weighted by atomic mass is 10.2. The van der Waals surface area contributed by atoms with Gasteiger partial charge in [0.25, 0.3) is 0 Å². The molecule has 0 aliphatic heterocycles. The second kappa shape index (κ2) is 8.75. The third kappa shape index (κ3) is 12.0. The highest BCUT2D eigenvalue weighted by Crippen LogP contribution is 2.16. The molecule has 0 rings (SSSR count). The molecule has 1 N–H and O–H groups in total. The minimum Gasteiger partial charge on any atom is -0.316 e. The first-order chi connectivity index (χ1) is 7.85. The van der Waals surface area contributed by atoms with Crippen molar-refractivity contribution >= 4 is 0 Å². The van der Waals surface area contributed by atoms with Gasteiger partial charge in [0.1, 0.15) is 0 Å². The Morgan fingerprint density at radius 2 is 1.82 bits per heavy atom. The quantitative estimate of drug-likeness (QED) is 0.636. The van der Waals surface area contributed by atoms with Gasteiger partial charge in [-0.1, -0.05) is 20.8 Å². The summed E-state index contributed by atoms with van der Waals surface area (Å²) >= 11 is 0. The fourth-order valence-electron chi connectivity index (χ4n) is 1.66. The van der Waals surface area contributed by atoms with Crippen molar-refractivity contribution in [2.24, 2.45) is 5.92 Å². The summed E-state index contributed by atoms with van der Waals surface area (Å²) < 4.78 is 36.8. The molecular weight excluding hydrogens is 229 g/mol. The Bertz CT molecular complexity index is 181. The second-order valence-electron chi connectivity index (χ2n) is 4.84. The number of rotatable bonds is 9. The molecule has 0 radical (unpaired) electrons. The standard InChI is InChI=1S/C12H25F3N2/c1-4-7-17(10-12(13,14)15)8-5-6-16-9-11(2)3/h11,16H,4-10H2,1-3H3. The van der Waals surface area contributed by atoms with Crippen LogP contribution in [0.3, 0.4) is 0 Å². The summed E-state index contributed by atoms with van der Waals surface area (Å²) in [6, 6.07) is 0. The number of hydrogen-bond acceptors (Lipinski definition) is 2. The van der Waals surface area contributed by atoms with E-state index in [0.29, 0.717) is 19.0 Å². The Kier molecular flexibility index (Phi) is 8.60. The van der Waals surface area contributed by atoms with Crippen LogP contribution in [0.2, 0.25) is 0 Å². The number of hydrogen-bond donors (Lipinski definition) is 1. The molecule has 0 unspecified atom stereocenters. The molecule has 104 valence electrons. The maximum absolute atomic E-state index is 12.3. The molecule has 0 aromatic carbocycles. The Hall–Kier alpha value is -0.290. The fourth-order valence-corrected chi connectivity index (χ4v) is 1.66. The Balaban J connectivity index is 3.70. The van der Waals surface area contributed by atoms with Crippen molar-refractivity contribution in [3.63, 3.8) is 0 Å². The van der Waals surface area contributed by atoms with Gasteiger partial charge in [-0.3, -0.25) is 4.90 Å². The van der Waals surface area contributed by atoms with Gasteiger partial charge in [-0.15, -0.1) is 0 Å². The van der Waals surface area contributed by atoms with Crippen LogP contribution in [0.1, 0.15) is 33.6 Å². The summed E-state index contributed by atoms with van der Waals surface area (Å²) in [5.74, 6) is 0.580. The molecule has 0 saturated carbocycles. The largest absolute Gasteiger partial charge is 0.401 e. The van der Waals surface area contributed by atoms with Crippen molar-refractivity contribution in [3.8, 4) is 0 Å². The molecule has 0 aliphatic carbocycles. The van der Waals surface area contributed by atoms with Crippen LogP contribution >= 0.6 is 0 Å². The van der Waals surface area contributed by atoms with Crippen LogP contribution in [0.15, 0.2) is 0 Å². The molecule has 0 saturated heterocycles. The first-order valence-electron chi connectivity index (χ1n) is 6.35. The summed E-state index contributed by atoms with van der Waals surface area (Å²) in [5.41, 5.74) is 0. The second-order valence-corrected chi connectivity index (χ2v) is 4.84. The molecule has 0 atom stereocenters. The zero-order valence-electron chi connectivity index (χ0n) is 11.1. The summed E-state index contributed by atoms with van der Waals surface area (Å²) in [5, 5.41) is 3.24. The third-order valence-corrected chi connectivity index (χ3v) is 2.32. The average molecular weight is 254 g/mol. The van der Waals surface area contributed by atoms with E-state index in [4.69, 9.17) is 0 Å². The number of nitrogens with one attached hydrogen (secondary N) is 1. The Morgan fingerprint density at radius 3 is 2.29 bits per heavy atom.